The van der Waals surface area contributed by atoms with E-state index in [1.165, 1.54) is 20.8 Å². The van der Waals surface area contributed by atoms with Crippen LogP contribution in [0.3, 0.4) is 0 Å². The van der Waals surface area contributed by atoms with Crippen LogP contribution in [0.2, 0.25) is 0 Å². The fourth-order valence-corrected chi connectivity index (χ4v) is 10.7. The van der Waals surface area contributed by atoms with Crippen LogP contribution >= 0.6 is 11.8 Å². The summed E-state index contributed by atoms with van der Waals surface area (Å²) in [5.41, 5.74) is 7.28. The molecule has 5 rings (SSSR count). The van der Waals surface area contributed by atoms with Crippen LogP contribution in [0.15, 0.2) is 35.4 Å². The van der Waals surface area contributed by atoms with Gasteiger partial charge in [-0.3, -0.25) is 14.4 Å². The first-order valence-electron chi connectivity index (χ1n) is 13.4. The lowest BCUT2D eigenvalue weighted by Gasteiger charge is -2.51. The number of carbonyl (C=O) groups excluding carboxylic acids is 4. The molecule has 230 valence electrons. The second kappa shape index (κ2) is 9.86. The summed E-state index contributed by atoms with van der Waals surface area (Å²) in [6, 6.07) is 4.23. The van der Waals surface area contributed by atoms with Crippen LogP contribution in [-0.2, 0) is 38.5 Å². The number of β-lactam (4-membered cyclic amide) rings is 2. The smallest absolute Gasteiger partial charge is 0.335 e. The second-order valence-corrected chi connectivity index (χ2v) is 16.3. The number of carboxylic acid groups (broad SMARTS) is 1. The highest BCUT2D eigenvalue weighted by Crippen LogP contribution is 2.59. The van der Waals surface area contributed by atoms with Crippen molar-refractivity contribution in [3.63, 3.8) is 0 Å². The summed E-state index contributed by atoms with van der Waals surface area (Å²) < 4.78 is 28.7. The number of benzene rings is 1. The van der Waals surface area contributed by atoms with Crippen LogP contribution in [0.5, 0.6) is 0 Å². The third-order valence-corrected chi connectivity index (χ3v) is 13.4. The predicted molar refractivity (Wildman–Crippen MR) is 151 cm³/mol. The van der Waals surface area contributed by atoms with Gasteiger partial charge in [0.2, 0.25) is 17.7 Å². The Bertz CT molecular complexity index is 1590. The maximum atomic E-state index is 13.5. The number of rotatable bonds is 8. The number of fused-ring (bicyclic) bond motifs is 2. The van der Waals surface area contributed by atoms with E-state index >= 15 is 0 Å². The Labute approximate surface area is 250 Å². The molecule has 2 N–H and O–H groups in total. The van der Waals surface area contributed by atoms with E-state index in [1.54, 1.807) is 44.2 Å². The highest BCUT2D eigenvalue weighted by atomic mass is 32.2. The van der Waals surface area contributed by atoms with Crippen molar-refractivity contribution in [2.24, 2.45) is 5.11 Å². The zero-order chi connectivity index (χ0) is 31.9. The van der Waals surface area contributed by atoms with E-state index in [-0.39, 0.29) is 6.42 Å². The quantitative estimate of drug-likeness (QED) is 0.136. The van der Waals surface area contributed by atoms with E-state index in [2.05, 4.69) is 15.3 Å². The molecule has 0 radical (unpaired) electrons. The number of carbonyl (C=O) groups is 5. The van der Waals surface area contributed by atoms with Gasteiger partial charge in [-0.1, -0.05) is 35.4 Å². The molecule has 0 aromatic heterocycles. The third kappa shape index (κ3) is 3.97. The number of thioether (sulfide) groups is 1. The monoisotopic (exact) mass is 634 g/mol. The first kappa shape index (κ1) is 30.6. The Kier molecular flexibility index (Phi) is 7.02. The van der Waals surface area contributed by atoms with E-state index < -0.39 is 89.5 Å². The predicted octanol–water partition coefficient (Wildman–Crippen LogP) is 1.11. The van der Waals surface area contributed by atoms with Crippen molar-refractivity contribution < 1.29 is 42.2 Å². The SMILES string of the molecule is CC(OC(=O)[C@@H]1N2C(=O)C[C@H]2S(=O)(=O)C1(C)C)[C@@]1(C(=O)O)N2C(=O)[C@@H](NC(=O)C(N=[N+]=[N-])c3ccccc3)[C@H]2SC1(C)C. The molecule has 15 nitrogen and oxygen atoms in total. The molecule has 0 spiro atoms. The number of azide groups is 1. The van der Waals surface area contributed by atoms with Gasteiger partial charge in [-0.25, -0.2) is 18.0 Å². The van der Waals surface area contributed by atoms with Crippen molar-refractivity contribution in [1.29, 1.82) is 0 Å². The molecular weight excluding hydrogens is 604 g/mol. The Morgan fingerprint density at radius 3 is 2.37 bits per heavy atom. The average molecular weight is 635 g/mol. The van der Waals surface area contributed by atoms with Gasteiger partial charge in [0.15, 0.2) is 15.4 Å². The number of hydrogen-bond donors (Lipinski definition) is 2. The number of nitrogens with zero attached hydrogens (tertiary/aromatic N) is 5. The van der Waals surface area contributed by atoms with E-state index in [9.17, 15) is 37.5 Å². The molecule has 4 aliphatic heterocycles. The summed E-state index contributed by atoms with van der Waals surface area (Å²) in [5, 5.41) is 14.7. The minimum Gasteiger partial charge on any atom is -0.479 e. The molecule has 4 fully saturated rings. The Hall–Kier alpha value is -3.82. The molecule has 2 unspecified atom stereocenters. The highest BCUT2D eigenvalue weighted by Gasteiger charge is 2.76. The number of carboxylic acids is 1. The molecule has 0 aliphatic carbocycles. The van der Waals surface area contributed by atoms with E-state index in [0.29, 0.717) is 5.56 Å². The zero-order valence-corrected chi connectivity index (χ0v) is 25.5. The summed E-state index contributed by atoms with van der Waals surface area (Å²) >= 11 is 1.08. The normalized spacial score (nSPS) is 32.2. The van der Waals surface area contributed by atoms with Crippen molar-refractivity contribution in [2.75, 3.05) is 0 Å². The molecule has 4 aliphatic rings. The molecule has 1 aromatic rings. The van der Waals surface area contributed by atoms with Crippen LogP contribution in [0, 0.1) is 0 Å². The molecule has 4 saturated heterocycles. The van der Waals surface area contributed by atoms with Gasteiger partial charge in [-0.05, 0) is 45.7 Å². The lowest BCUT2D eigenvalue weighted by atomic mass is 9.76. The van der Waals surface area contributed by atoms with Crippen molar-refractivity contribution in [1.82, 2.24) is 15.1 Å². The van der Waals surface area contributed by atoms with E-state index in [0.717, 1.165) is 21.6 Å². The number of esters is 1. The van der Waals surface area contributed by atoms with Gasteiger partial charge < -0.3 is 25.0 Å². The summed E-state index contributed by atoms with van der Waals surface area (Å²) in [6.07, 6.45) is -1.75. The van der Waals surface area contributed by atoms with Gasteiger partial charge >= 0.3 is 11.9 Å². The van der Waals surface area contributed by atoms with Gasteiger partial charge in [-0.15, -0.1) is 11.8 Å². The number of ether oxygens (including phenoxy) is 1. The van der Waals surface area contributed by atoms with Crippen LogP contribution in [0.25, 0.3) is 10.4 Å². The van der Waals surface area contributed by atoms with E-state index in [4.69, 9.17) is 10.3 Å². The van der Waals surface area contributed by atoms with Crippen LogP contribution in [0.4, 0.5) is 0 Å². The number of aliphatic carboxylic acids is 1. The first-order valence-corrected chi connectivity index (χ1v) is 15.8. The molecule has 7 atom stereocenters. The first-order chi connectivity index (χ1) is 20.0. The maximum Gasteiger partial charge on any atom is 0.335 e. The van der Waals surface area contributed by atoms with Crippen molar-refractivity contribution in [3.05, 3.63) is 46.3 Å². The molecule has 0 saturated carbocycles. The minimum absolute atomic E-state index is 0.254. The number of hydrogen-bond acceptors (Lipinski definition) is 10. The Morgan fingerprint density at radius 2 is 1.81 bits per heavy atom. The second-order valence-electron chi connectivity index (χ2n) is 11.9. The summed E-state index contributed by atoms with van der Waals surface area (Å²) in [5.74, 6) is -4.62. The zero-order valence-electron chi connectivity index (χ0n) is 23.8. The minimum atomic E-state index is -3.92. The lowest BCUT2D eigenvalue weighted by Crippen LogP contribution is -2.78. The Morgan fingerprint density at radius 1 is 1.19 bits per heavy atom. The Balaban J connectivity index is 1.41. The fourth-order valence-electron chi connectivity index (χ4n) is 6.72. The third-order valence-electron chi connectivity index (χ3n) is 8.99. The lowest BCUT2D eigenvalue weighted by molar-refractivity contribution is -0.191. The molecule has 1 aromatic carbocycles. The van der Waals surface area contributed by atoms with Gasteiger partial charge in [0.25, 0.3) is 0 Å². The topological polar surface area (TPSA) is 216 Å². The van der Waals surface area contributed by atoms with Gasteiger partial charge in [0.05, 0.1) is 15.9 Å². The molecule has 4 heterocycles. The molecule has 0 bridgehead atoms. The summed E-state index contributed by atoms with van der Waals surface area (Å²) in [4.78, 5) is 70.3. The number of sulfone groups is 1. The standard InChI is InChI=1S/C26H30N6O9S2/c1-12(41-22(36)18-24(2,3)43(39,40)15-11-14(33)31(15)18)26(23(37)38)25(4,5)42-21-17(20(35)32(21)26)28-19(34)16(29-30-27)13-9-7-6-8-10-13/h6-10,12,15-18,21H,11H2,1-5H3,(H,28,34)(H,37,38)/t12?,15-,16?,17-,18+,21-,26+/m1/s1. The molecule has 17 heteroatoms. The van der Waals surface area contributed by atoms with Gasteiger partial charge in [0, 0.05) is 4.91 Å². The largest absolute Gasteiger partial charge is 0.479 e. The van der Waals surface area contributed by atoms with Crippen molar-refractivity contribution in [2.45, 2.75) is 91.0 Å². The molecule has 43 heavy (non-hydrogen) atoms. The van der Waals surface area contributed by atoms with Crippen molar-refractivity contribution in [3.8, 4) is 0 Å². The van der Waals surface area contributed by atoms with E-state index in [1.807, 2.05) is 0 Å². The van der Waals surface area contributed by atoms with Crippen LogP contribution in [0.1, 0.15) is 52.6 Å². The molecular formula is C26H30N6O9S2. The van der Waals surface area contributed by atoms with Gasteiger partial charge in [0.1, 0.15) is 35.0 Å². The van der Waals surface area contributed by atoms with Crippen molar-refractivity contribution >= 4 is 51.3 Å². The highest BCUT2D eigenvalue weighted by molar-refractivity contribution is 8.01. The average Bonchev–Trinajstić information content (AvgIpc) is 3.23. The maximum absolute atomic E-state index is 13.5. The number of nitrogens with one attached hydrogen (secondary N) is 1. The van der Waals surface area contributed by atoms with Crippen LogP contribution < -0.4 is 5.32 Å². The fraction of sp³-hybridized carbons (Fsp3) is 0.577. The van der Waals surface area contributed by atoms with Crippen LogP contribution in [-0.4, -0.2) is 97.0 Å². The summed E-state index contributed by atoms with van der Waals surface area (Å²) in [7, 11) is -3.92. The number of amides is 3. The molecule has 3 amide bonds. The van der Waals surface area contributed by atoms with Gasteiger partial charge in [-0.2, -0.15) is 0 Å². The summed E-state index contributed by atoms with van der Waals surface area (Å²) in [6.45, 7) is 7.05.